The van der Waals surface area contributed by atoms with E-state index >= 15 is 0 Å². The molecule has 0 spiro atoms. The van der Waals surface area contributed by atoms with Crippen LogP contribution in [0.25, 0.3) is 0 Å². The fourth-order valence-corrected chi connectivity index (χ4v) is 2.72. The number of alkyl halides is 2. The van der Waals surface area contributed by atoms with Gasteiger partial charge in [0.2, 0.25) is 12.5 Å². The first-order chi connectivity index (χ1) is 12.8. The van der Waals surface area contributed by atoms with Crippen LogP contribution in [0.1, 0.15) is 33.3 Å². The average molecular weight is 403 g/mol. The number of amidine groups is 1. The maximum Gasteiger partial charge on any atom is 0.307 e. The third-order valence-electron chi connectivity index (χ3n) is 4.32. The lowest BCUT2D eigenvalue weighted by molar-refractivity contribution is -0.385. The molecule has 0 amide bonds. The molecule has 1 aromatic rings. The second-order valence-electron chi connectivity index (χ2n) is 7.72. The van der Waals surface area contributed by atoms with E-state index in [4.69, 9.17) is 14.2 Å². The fourth-order valence-electron chi connectivity index (χ4n) is 2.72. The maximum atomic E-state index is 14.6. The third kappa shape index (κ3) is 3.90. The van der Waals surface area contributed by atoms with Gasteiger partial charge >= 0.3 is 5.92 Å². The first-order valence-electron chi connectivity index (χ1n) is 8.47. The molecule has 1 N–H and O–H groups in total. The van der Waals surface area contributed by atoms with Crippen LogP contribution >= 0.6 is 0 Å². The summed E-state index contributed by atoms with van der Waals surface area (Å²) in [6.07, 6.45) is -1.41. The van der Waals surface area contributed by atoms with E-state index in [9.17, 15) is 23.3 Å². The Kier molecular flexibility index (Phi) is 4.79. The molecule has 2 aliphatic heterocycles. The Labute approximate surface area is 158 Å². The zero-order valence-electron chi connectivity index (χ0n) is 15.7. The Morgan fingerprint density at radius 2 is 2.07 bits per heavy atom. The molecule has 2 fully saturated rings. The monoisotopic (exact) mass is 403 g/mol. The summed E-state index contributed by atoms with van der Waals surface area (Å²) in [6, 6.07) is 2.17. The highest BCUT2D eigenvalue weighted by Crippen LogP contribution is 2.42. The summed E-state index contributed by atoms with van der Waals surface area (Å²) >= 11 is 0. The summed E-state index contributed by atoms with van der Waals surface area (Å²) in [5, 5.41) is 13.4. The van der Waals surface area contributed by atoms with Crippen LogP contribution in [0.3, 0.4) is 0 Å². The van der Waals surface area contributed by atoms with Crippen LogP contribution in [0.2, 0.25) is 0 Å². The Balaban J connectivity index is 1.88. The van der Waals surface area contributed by atoms with Gasteiger partial charge in [-0.3, -0.25) is 10.1 Å². The molecule has 8 nitrogen and oxygen atoms in total. The molecule has 2 saturated heterocycles. The number of aliphatic imine (C=N–C) groups is 1. The highest BCUT2D eigenvalue weighted by Gasteiger charge is 2.58. The van der Waals surface area contributed by atoms with Crippen molar-refractivity contribution in [2.45, 2.75) is 57.3 Å². The number of hydrogen-bond acceptors (Lipinski definition) is 6. The average Bonchev–Trinajstić information content (AvgIpc) is 3.26. The van der Waals surface area contributed by atoms with Crippen molar-refractivity contribution in [3.63, 3.8) is 0 Å². The van der Waals surface area contributed by atoms with Gasteiger partial charge in [0.25, 0.3) is 11.7 Å². The topological polar surface area (TPSA) is 98.5 Å². The number of nitrogens with one attached hydrogen (secondary N) is 1. The van der Waals surface area contributed by atoms with E-state index in [0.29, 0.717) is 0 Å². The molecule has 28 heavy (non-hydrogen) atoms. The molecule has 0 aliphatic carbocycles. The highest BCUT2D eigenvalue weighted by atomic mass is 19.3. The lowest BCUT2D eigenvalue weighted by Gasteiger charge is -2.42. The molecular weight excluding hydrogens is 383 g/mol. The van der Waals surface area contributed by atoms with Crippen molar-refractivity contribution >= 4 is 11.7 Å². The number of nitro benzene ring substituents is 1. The van der Waals surface area contributed by atoms with Gasteiger partial charge in [0.15, 0.2) is 6.61 Å². The van der Waals surface area contributed by atoms with E-state index in [-0.39, 0.29) is 6.02 Å². The minimum atomic E-state index is -3.58. The van der Waals surface area contributed by atoms with Crippen LogP contribution in [0, 0.1) is 15.9 Å². The first kappa shape index (κ1) is 20.3. The largest absolute Gasteiger partial charge is 0.459 e. The van der Waals surface area contributed by atoms with Crippen LogP contribution in [0.4, 0.5) is 18.9 Å². The number of ether oxygens (including phenoxy) is 3. The molecule has 11 heteroatoms. The molecule has 0 radical (unpaired) electrons. The second kappa shape index (κ2) is 6.59. The lowest BCUT2D eigenvalue weighted by atomic mass is 9.84. The van der Waals surface area contributed by atoms with E-state index < -0.39 is 58.2 Å². The van der Waals surface area contributed by atoms with Crippen molar-refractivity contribution in [2.24, 2.45) is 4.99 Å². The third-order valence-corrected chi connectivity index (χ3v) is 4.32. The molecule has 3 atom stereocenters. The minimum Gasteiger partial charge on any atom is -0.459 e. The number of benzene rings is 1. The van der Waals surface area contributed by atoms with Gasteiger partial charge in [0.1, 0.15) is 11.4 Å². The molecule has 0 bridgehead atoms. The molecule has 3 rings (SSSR count). The van der Waals surface area contributed by atoms with E-state index in [1.54, 1.807) is 0 Å². The van der Waals surface area contributed by atoms with Crippen LogP contribution in [-0.4, -0.2) is 41.6 Å². The Morgan fingerprint density at radius 1 is 1.39 bits per heavy atom. The van der Waals surface area contributed by atoms with Gasteiger partial charge in [-0.05, 0) is 33.8 Å². The minimum absolute atomic E-state index is 0.288. The van der Waals surface area contributed by atoms with Gasteiger partial charge in [-0.25, -0.2) is 4.39 Å². The molecule has 0 saturated carbocycles. The Morgan fingerprint density at radius 3 is 2.68 bits per heavy atom. The predicted molar refractivity (Wildman–Crippen MR) is 91.4 cm³/mol. The van der Waals surface area contributed by atoms with Crippen molar-refractivity contribution in [2.75, 3.05) is 6.61 Å². The van der Waals surface area contributed by atoms with Gasteiger partial charge in [-0.1, -0.05) is 0 Å². The molecule has 2 aliphatic rings. The predicted octanol–water partition coefficient (Wildman–Crippen LogP) is 3.06. The van der Waals surface area contributed by atoms with Crippen molar-refractivity contribution < 1.29 is 32.3 Å². The highest BCUT2D eigenvalue weighted by molar-refractivity contribution is 5.76. The van der Waals surface area contributed by atoms with Gasteiger partial charge in [0.05, 0.1) is 10.5 Å². The summed E-state index contributed by atoms with van der Waals surface area (Å²) in [5.74, 6) is -4.59. The van der Waals surface area contributed by atoms with Crippen LogP contribution in [0.15, 0.2) is 23.2 Å². The van der Waals surface area contributed by atoms with Crippen molar-refractivity contribution in [3.8, 4) is 0 Å². The molecule has 0 aromatic heterocycles. The summed E-state index contributed by atoms with van der Waals surface area (Å²) in [6.45, 7) is 5.39. The Hall–Kier alpha value is -2.40. The molecular formula is C17H20F3N3O5. The summed E-state index contributed by atoms with van der Waals surface area (Å²) in [4.78, 5) is 14.2. The number of nitrogens with zero attached hydrogens (tertiary/aromatic N) is 2. The van der Waals surface area contributed by atoms with Crippen LogP contribution in [0.5, 0.6) is 0 Å². The van der Waals surface area contributed by atoms with Crippen molar-refractivity contribution in [3.05, 3.63) is 39.7 Å². The number of epoxide rings is 1. The summed E-state index contributed by atoms with van der Waals surface area (Å²) in [5.41, 5.74) is -3.89. The van der Waals surface area contributed by atoms with Crippen molar-refractivity contribution in [1.82, 2.24) is 5.32 Å². The number of non-ortho nitro benzene ring substituents is 1. The van der Waals surface area contributed by atoms with E-state index in [0.717, 1.165) is 25.1 Å². The second-order valence-corrected chi connectivity index (χ2v) is 7.72. The van der Waals surface area contributed by atoms with Gasteiger partial charge in [-0.2, -0.15) is 13.8 Å². The Bertz CT molecular complexity index is 827. The van der Waals surface area contributed by atoms with E-state index in [1.807, 2.05) is 20.8 Å². The van der Waals surface area contributed by atoms with Gasteiger partial charge < -0.3 is 19.5 Å². The maximum absolute atomic E-state index is 14.6. The standard InChI is InChI=1S/C17H20F3N3O5/c1-15(2,3)28-13-12(27-13)21-14-22-16(4,17(19,20)8-26-14)10-7-9(23(24)25)5-6-11(10)18/h5-7,12-13H,8H2,1-4H3,(H,21,22). The number of hydrogen-bond donors (Lipinski definition) is 1. The fraction of sp³-hybridized carbons (Fsp3) is 0.588. The number of rotatable bonds is 4. The lowest BCUT2D eigenvalue weighted by Crippen LogP contribution is -2.63. The molecule has 3 unspecified atom stereocenters. The van der Waals surface area contributed by atoms with E-state index in [1.165, 1.54) is 0 Å². The van der Waals surface area contributed by atoms with Crippen molar-refractivity contribution in [1.29, 1.82) is 0 Å². The molecule has 154 valence electrons. The zero-order chi connectivity index (χ0) is 20.9. The summed E-state index contributed by atoms with van der Waals surface area (Å²) in [7, 11) is 0. The first-order valence-corrected chi connectivity index (χ1v) is 8.47. The van der Waals surface area contributed by atoms with Crippen LogP contribution < -0.4 is 5.32 Å². The number of halogens is 3. The van der Waals surface area contributed by atoms with Gasteiger partial charge in [-0.15, -0.1) is 0 Å². The van der Waals surface area contributed by atoms with Gasteiger partial charge in [0, 0.05) is 17.7 Å². The molecule has 1 aromatic carbocycles. The van der Waals surface area contributed by atoms with Crippen LogP contribution in [-0.2, 0) is 19.7 Å². The molecule has 2 heterocycles. The smallest absolute Gasteiger partial charge is 0.307 e. The number of nitro groups is 1. The normalized spacial score (nSPS) is 30.5. The SMILES string of the molecule is CC(C)(C)OC1OC1N=C1NC(C)(c2cc([N+](=O)[O-])ccc2F)C(F)(F)CO1. The summed E-state index contributed by atoms with van der Waals surface area (Å²) < 4.78 is 59.3. The quantitative estimate of drug-likeness (QED) is 0.471. The zero-order valence-corrected chi connectivity index (χ0v) is 15.7. The van der Waals surface area contributed by atoms with E-state index in [2.05, 4.69) is 10.3 Å².